The molecule has 1 aromatic heterocycles. The lowest BCUT2D eigenvalue weighted by Crippen LogP contribution is -2.12. The van der Waals surface area contributed by atoms with Gasteiger partial charge in [0.15, 0.2) is 0 Å². The zero-order valence-electron chi connectivity index (χ0n) is 13.5. The van der Waals surface area contributed by atoms with Gasteiger partial charge < -0.3 is 10.1 Å². The van der Waals surface area contributed by atoms with Crippen molar-refractivity contribution in [1.82, 2.24) is 4.57 Å². The van der Waals surface area contributed by atoms with Gasteiger partial charge in [-0.15, -0.1) is 0 Å². The number of anilines is 1. The summed E-state index contributed by atoms with van der Waals surface area (Å²) in [6.45, 7) is 1.43. The topological polar surface area (TPSA) is 60.3 Å². The third-order valence-corrected chi connectivity index (χ3v) is 4.23. The van der Waals surface area contributed by atoms with E-state index in [-0.39, 0.29) is 5.91 Å². The van der Waals surface area contributed by atoms with Gasteiger partial charge in [0.25, 0.3) is 5.91 Å². The van der Waals surface area contributed by atoms with Crippen molar-refractivity contribution in [3.63, 3.8) is 0 Å². The molecule has 0 radical (unpaired) electrons. The number of carbonyl (C=O) groups is 2. The second-order valence-electron chi connectivity index (χ2n) is 5.39. The van der Waals surface area contributed by atoms with Gasteiger partial charge in [-0.05, 0) is 36.4 Å². The lowest BCUT2D eigenvalue weighted by molar-refractivity contribution is 0.0941. The molecule has 3 aromatic rings. The Bertz CT molecular complexity index is 995. The van der Waals surface area contributed by atoms with E-state index in [9.17, 15) is 9.59 Å². The van der Waals surface area contributed by atoms with Crippen LogP contribution in [0.15, 0.2) is 42.6 Å². The number of ether oxygens (including phenoxy) is 1. The Balaban J connectivity index is 2.07. The van der Waals surface area contributed by atoms with Crippen molar-refractivity contribution in [3.05, 3.63) is 58.2 Å². The summed E-state index contributed by atoms with van der Waals surface area (Å²) in [5.74, 6) is -0.120. The summed E-state index contributed by atoms with van der Waals surface area (Å²) in [6, 6.07) is 9.95. The molecule has 25 heavy (non-hydrogen) atoms. The van der Waals surface area contributed by atoms with Crippen LogP contribution in [0.4, 0.5) is 5.69 Å². The van der Waals surface area contributed by atoms with Crippen LogP contribution in [0, 0.1) is 0 Å². The van der Waals surface area contributed by atoms with Gasteiger partial charge in [0.05, 0.1) is 23.9 Å². The van der Waals surface area contributed by atoms with Crippen molar-refractivity contribution >= 4 is 51.6 Å². The van der Waals surface area contributed by atoms with Crippen LogP contribution in [0.2, 0.25) is 10.0 Å². The highest BCUT2D eigenvalue weighted by molar-refractivity contribution is 6.32. The normalized spacial score (nSPS) is 10.7. The zero-order valence-corrected chi connectivity index (χ0v) is 15.0. The van der Waals surface area contributed by atoms with Crippen LogP contribution in [-0.4, -0.2) is 23.5 Å². The summed E-state index contributed by atoms with van der Waals surface area (Å²) >= 11 is 12.0. The molecular formula is C18H14Cl2N2O3. The molecule has 0 spiro atoms. The van der Waals surface area contributed by atoms with E-state index in [1.54, 1.807) is 36.4 Å². The largest absolute Gasteiger partial charge is 0.495 e. The minimum absolute atomic E-state index is 0.202. The van der Waals surface area contributed by atoms with E-state index in [1.165, 1.54) is 24.8 Å². The van der Waals surface area contributed by atoms with E-state index in [0.29, 0.717) is 37.9 Å². The Labute approximate surface area is 154 Å². The number of methoxy groups -OCH3 is 1. The van der Waals surface area contributed by atoms with E-state index in [0.717, 1.165) is 0 Å². The van der Waals surface area contributed by atoms with E-state index < -0.39 is 5.91 Å². The van der Waals surface area contributed by atoms with Crippen molar-refractivity contribution in [2.24, 2.45) is 0 Å². The average Bonchev–Trinajstić information content (AvgIpc) is 2.94. The summed E-state index contributed by atoms with van der Waals surface area (Å²) in [5, 5.41) is 4.29. The van der Waals surface area contributed by atoms with Gasteiger partial charge in [-0.3, -0.25) is 14.2 Å². The molecule has 0 atom stereocenters. The van der Waals surface area contributed by atoms with Gasteiger partial charge in [-0.1, -0.05) is 23.2 Å². The SMILES string of the molecule is COc1ccc(Cl)cc1NC(=O)c1cn(C(C)=O)c2ccc(Cl)cc12. The summed E-state index contributed by atoms with van der Waals surface area (Å²) in [4.78, 5) is 24.6. The van der Waals surface area contributed by atoms with Crippen molar-refractivity contribution in [1.29, 1.82) is 0 Å². The number of aromatic nitrogens is 1. The number of carbonyl (C=O) groups excluding carboxylic acids is 2. The Hall–Kier alpha value is -2.50. The molecule has 0 unspecified atom stereocenters. The molecule has 0 fully saturated rings. The summed E-state index contributed by atoms with van der Waals surface area (Å²) < 4.78 is 6.65. The first-order valence-corrected chi connectivity index (χ1v) is 8.12. The van der Waals surface area contributed by atoms with E-state index in [2.05, 4.69) is 5.32 Å². The number of halogens is 2. The van der Waals surface area contributed by atoms with Crippen LogP contribution in [0.25, 0.3) is 10.9 Å². The Morgan fingerprint density at radius 2 is 1.76 bits per heavy atom. The lowest BCUT2D eigenvalue weighted by Gasteiger charge is -2.10. The molecule has 3 rings (SSSR count). The van der Waals surface area contributed by atoms with Gasteiger partial charge in [0, 0.05) is 28.6 Å². The lowest BCUT2D eigenvalue weighted by atomic mass is 10.1. The predicted molar refractivity (Wildman–Crippen MR) is 99.2 cm³/mol. The van der Waals surface area contributed by atoms with Crippen LogP contribution in [0.5, 0.6) is 5.75 Å². The highest BCUT2D eigenvalue weighted by Crippen LogP contribution is 2.30. The maximum absolute atomic E-state index is 12.8. The molecule has 1 heterocycles. The van der Waals surface area contributed by atoms with Crippen LogP contribution in [0.1, 0.15) is 22.1 Å². The molecule has 0 aliphatic heterocycles. The quantitative estimate of drug-likeness (QED) is 0.709. The Morgan fingerprint density at radius 3 is 2.44 bits per heavy atom. The molecule has 0 aliphatic carbocycles. The summed E-state index contributed by atoms with van der Waals surface area (Å²) in [5.41, 5.74) is 1.38. The third-order valence-electron chi connectivity index (χ3n) is 3.76. The number of nitrogens with zero attached hydrogens (tertiary/aromatic N) is 1. The molecule has 7 heteroatoms. The molecule has 0 saturated carbocycles. The number of rotatable bonds is 3. The number of benzene rings is 2. The highest BCUT2D eigenvalue weighted by Gasteiger charge is 2.18. The van der Waals surface area contributed by atoms with E-state index >= 15 is 0 Å². The molecule has 0 saturated heterocycles. The molecule has 5 nitrogen and oxygen atoms in total. The third kappa shape index (κ3) is 3.34. The maximum Gasteiger partial charge on any atom is 0.257 e. The fraction of sp³-hybridized carbons (Fsp3) is 0.111. The zero-order chi connectivity index (χ0) is 18.1. The second-order valence-corrected chi connectivity index (χ2v) is 6.26. The smallest absolute Gasteiger partial charge is 0.257 e. The van der Waals surface area contributed by atoms with Crippen LogP contribution in [-0.2, 0) is 0 Å². The standard InChI is InChI=1S/C18H14Cl2N2O3/c1-10(23)22-9-14(13-7-11(19)3-5-16(13)22)18(24)21-15-8-12(20)4-6-17(15)25-2/h3-9H,1-2H3,(H,21,24). The van der Waals surface area contributed by atoms with Crippen LogP contribution >= 0.6 is 23.2 Å². The maximum atomic E-state index is 12.8. The fourth-order valence-electron chi connectivity index (χ4n) is 2.61. The van der Waals surface area contributed by atoms with Crippen molar-refractivity contribution in [3.8, 4) is 5.75 Å². The van der Waals surface area contributed by atoms with Gasteiger partial charge in [0.2, 0.25) is 5.91 Å². The second kappa shape index (κ2) is 6.78. The average molecular weight is 377 g/mol. The summed E-state index contributed by atoms with van der Waals surface area (Å²) in [7, 11) is 1.50. The molecule has 1 amide bonds. The van der Waals surface area contributed by atoms with E-state index in [1.807, 2.05) is 0 Å². The fourth-order valence-corrected chi connectivity index (χ4v) is 2.96. The number of amides is 1. The minimum Gasteiger partial charge on any atom is -0.495 e. The molecular weight excluding hydrogens is 363 g/mol. The number of hydrogen-bond donors (Lipinski definition) is 1. The van der Waals surface area contributed by atoms with Crippen molar-refractivity contribution in [2.75, 3.05) is 12.4 Å². The molecule has 0 bridgehead atoms. The highest BCUT2D eigenvalue weighted by atomic mass is 35.5. The molecule has 1 N–H and O–H groups in total. The monoisotopic (exact) mass is 376 g/mol. The van der Waals surface area contributed by atoms with E-state index in [4.69, 9.17) is 27.9 Å². The van der Waals surface area contributed by atoms with Crippen LogP contribution < -0.4 is 10.1 Å². The van der Waals surface area contributed by atoms with Gasteiger partial charge in [-0.25, -0.2) is 0 Å². The number of nitrogens with one attached hydrogen (secondary N) is 1. The molecule has 128 valence electrons. The van der Waals surface area contributed by atoms with Crippen LogP contribution in [0.3, 0.4) is 0 Å². The predicted octanol–water partition coefficient (Wildman–Crippen LogP) is 4.87. The van der Waals surface area contributed by atoms with Gasteiger partial charge >= 0.3 is 0 Å². The summed E-state index contributed by atoms with van der Waals surface area (Å²) in [6.07, 6.45) is 1.50. The molecule has 2 aromatic carbocycles. The first kappa shape index (κ1) is 17.3. The first-order chi connectivity index (χ1) is 11.9. The van der Waals surface area contributed by atoms with Crippen molar-refractivity contribution < 1.29 is 14.3 Å². The number of fused-ring (bicyclic) bond motifs is 1. The van der Waals surface area contributed by atoms with Gasteiger partial charge in [0.1, 0.15) is 5.75 Å². The van der Waals surface area contributed by atoms with Gasteiger partial charge in [-0.2, -0.15) is 0 Å². The Morgan fingerprint density at radius 1 is 1.08 bits per heavy atom. The number of hydrogen-bond acceptors (Lipinski definition) is 3. The minimum atomic E-state index is -0.396. The Kier molecular flexibility index (Phi) is 4.70. The molecule has 0 aliphatic rings. The van der Waals surface area contributed by atoms with Crippen molar-refractivity contribution in [2.45, 2.75) is 6.92 Å². The first-order valence-electron chi connectivity index (χ1n) is 7.37.